The summed E-state index contributed by atoms with van der Waals surface area (Å²) < 4.78 is 8.14. The lowest BCUT2D eigenvalue weighted by molar-refractivity contribution is 0.0295. The van der Waals surface area contributed by atoms with Gasteiger partial charge in [-0.3, -0.25) is 0 Å². The summed E-state index contributed by atoms with van der Waals surface area (Å²) in [6.07, 6.45) is 5.32. The Balaban J connectivity index is 1.52. The van der Waals surface area contributed by atoms with Gasteiger partial charge in [0.15, 0.2) is 5.82 Å². The van der Waals surface area contributed by atoms with Crippen molar-refractivity contribution in [1.82, 2.24) is 9.38 Å². The Labute approximate surface area is 163 Å². The molecule has 2 aliphatic rings. The molecule has 6 nitrogen and oxygen atoms in total. The van der Waals surface area contributed by atoms with E-state index in [1.54, 1.807) is 12.1 Å². The lowest BCUT2D eigenvalue weighted by Gasteiger charge is -2.39. The Morgan fingerprint density at radius 2 is 1.96 bits per heavy atom. The first-order valence-electron chi connectivity index (χ1n) is 9.89. The molecule has 1 N–H and O–H groups in total. The fourth-order valence-corrected chi connectivity index (χ4v) is 4.99. The van der Waals surface area contributed by atoms with Crippen LogP contribution >= 0.6 is 0 Å². The molecule has 0 bridgehead atoms. The third-order valence-corrected chi connectivity index (χ3v) is 6.38. The van der Waals surface area contributed by atoms with Crippen molar-refractivity contribution in [3.8, 4) is 0 Å². The predicted octanol–water partition coefficient (Wildman–Crippen LogP) is 3.97. The fraction of sp³-hybridized carbons (Fsp3) is 0.455. The molecule has 6 heteroatoms. The second kappa shape index (κ2) is 5.95. The van der Waals surface area contributed by atoms with Crippen LogP contribution in [0.1, 0.15) is 43.5 Å². The number of carboxylic acid groups (broad SMARTS) is 1. The summed E-state index contributed by atoms with van der Waals surface area (Å²) in [4.78, 5) is 18.6. The average molecular weight is 379 g/mol. The fourth-order valence-electron chi connectivity index (χ4n) is 4.99. The molecule has 0 amide bonds. The number of fused-ring (bicyclic) bond motifs is 3. The average Bonchev–Trinajstić information content (AvgIpc) is 3.26. The van der Waals surface area contributed by atoms with Gasteiger partial charge in [-0.25, -0.2) is 9.78 Å². The minimum absolute atomic E-state index is 0.0224. The van der Waals surface area contributed by atoms with E-state index in [1.807, 2.05) is 18.3 Å². The van der Waals surface area contributed by atoms with Crippen molar-refractivity contribution in [3.63, 3.8) is 0 Å². The van der Waals surface area contributed by atoms with Gasteiger partial charge in [-0.05, 0) is 68.9 Å². The number of carbonyl (C=O) groups is 1. The zero-order valence-corrected chi connectivity index (χ0v) is 16.3. The lowest BCUT2D eigenvalue weighted by atomic mass is 9.74. The van der Waals surface area contributed by atoms with E-state index in [4.69, 9.17) is 9.72 Å². The van der Waals surface area contributed by atoms with E-state index in [0.29, 0.717) is 5.52 Å². The lowest BCUT2D eigenvalue weighted by Crippen LogP contribution is -2.41. The molecule has 28 heavy (non-hydrogen) atoms. The summed E-state index contributed by atoms with van der Waals surface area (Å²) in [7, 11) is 0. The number of aromatic carboxylic acids is 1. The van der Waals surface area contributed by atoms with Crippen molar-refractivity contribution in [3.05, 3.63) is 42.1 Å². The highest BCUT2D eigenvalue weighted by atomic mass is 16.5. The number of hydrogen-bond donors (Lipinski definition) is 1. The standard InChI is InChI=1S/C22H25N3O3/c1-21(2)13-22(14-28-21)7-10-24(11-8-22)19-18-4-3-9-25(18)17-6-5-15(20(26)27)12-16(17)23-19/h3-6,9,12H,7-8,10-11,13-14H2,1-2H3,(H,26,27). The summed E-state index contributed by atoms with van der Waals surface area (Å²) in [5, 5.41) is 9.34. The van der Waals surface area contributed by atoms with Crippen molar-refractivity contribution in [1.29, 1.82) is 0 Å². The van der Waals surface area contributed by atoms with Gasteiger partial charge in [-0.1, -0.05) is 0 Å². The summed E-state index contributed by atoms with van der Waals surface area (Å²) in [6, 6.07) is 9.24. The Hall–Kier alpha value is -2.60. The highest BCUT2D eigenvalue weighted by Crippen LogP contribution is 2.46. The molecule has 4 heterocycles. The Kier molecular flexibility index (Phi) is 3.72. The number of carboxylic acids is 1. The topological polar surface area (TPSA) is 67.1 Å². The van der Waals surface area contributed by atoms with Crippen LogP contribution in [-0.4, -0.2) is 45.8 Å². The number of piperidine rings is 1. The predicted molar refractivity (Wildman–Crippen MR) is 108 cm³/mol. The van der Waals surface area contributed by atoms with Crippen molar-refractivity contribution < 1.29 is 14.6 Å². The zero-order valence-electron chi connectivity index (χ0n) is 16.3. The molecule has 0 atom stereocenters. The van der Waals surface area contributed by atoms with Crippen molar-refractivity contribution in [2.24, 2.45) is 5.41 Å². The maximum absolute atomic E-state index is 11.4. The molecular weight excluding hydrogens is 354 g/mol. The molecule has 0 saturated carbocycles. The third kappa shape index (κ3) is 2.75. The summed E-state index contributed by atoms with van der Waals surface area (Å²) >= 11 is 0. The number of aromatic nitrogens is 2. The number of ether oxygens (including phenoxy) is 1. The van der Waals surface area contributed by atoms with Crippen molar-refractivity contribution >= 4 is 28.3 Å². The first-order valence-corrected chi connectivity index (χ1v) is 9.89. The van der Waals surface area contributed by atoms with Crippen molar-refractivity contribution in [2.45, 2.75) is 38.7 Å². The van der Waals surface area contributed by atoms with E-state index in [-0.39, 0.29) is 16.6 Å². The van der Waals surface area contributed by atoms with Gasteiger partial charge >= 0.3 is 5.97 Å². The first-order chi connectivity index (χ1) is 13.4. The van der Waals surface area contributed by atoms with Crippen LogP contribution in [0.3, 0.4) is 0 Å². The van der Waals surface area contributed by atoms with Crippen LogP contribution in [-0.2, 0) is 4.74 Å². The second-order valence-corrected chi connectivity index (χ2v) is 8.92. The number of rotatable bonds is 2. The molecule has 2 saturated heterocycles. The molecule has 1 aromatic carbocycles. The molecule has 0 unspecified atom stereocenters. The van der Waals surface area contributed by atoms with Gasteiger partial charge in [-0.2, -0.15) is 0 Å². The summed E-state index contributed by atoms with van der Waals surface area (Å²) in [5.41, 5.74) is 3.23. The Morgan fingerprint density at radius 1 is 1.18 bits per heavy atom. The molecule has 3 aromatic rings. The highest BCUT2D eigenvalue weighted by molar-refractivity contribution is 5.94. The minimum Gasteiger partial charge on any atom is -0.478 e. The van der Waals surface area contributed by atoms with Crippen LogP contribution in [0.5, 0.6) is 0 Å². The van der Waals surface area contributed by atoms with Crippen LogP contribution in [0.15, 0.2) is 36.5 Å². The van der Waals surface area contributed by atoms with E-state index in [0.717, 1.165) is 55.8 Å². The smallest absolute Gasteiger partial charge is 0.335 e. The number of anilines is 1. The van der Waals surface area contributed by atoms with Crippen molar-refractivity contribution in [2.75, 3.05) is 24.6 Å². The van der Waals surface area contributed by atoms with Gasteiger partial charge in [0.2, 0.25) is 0 Å². The summed E-state index contributed by atoms with van der Waals surface area (Å²) in [6.45, 7) is 7.10. The van der Waals surface area contributed by atoms with Gasteiger partial charge in [0.05, 0.1) is 34.3 Å². The maximum atomic E-state index is 11.4. The van der Waals surface area contributed by atoms with Crippen LogP contribution < -0.4 is 4.90 Å². The van der Waals surface area contributed by atoms with Crippen LogP contribution in [0, 0.1) is 5.41 Å². The van der Waals surface area contributed by atoms with E-state index in [1.165, 1.54) is 0 Å². The molecular formula is C22H25N3O3. The first kappa shape index (κ1) is 17.5. The quantitative estimate of drug-likeness (QED) is 0.730. The molecule has 2 aromatic heterocycles. The van der Waals surface area contributed by atoms with E-state index in [9.17, 15) is 9.90 Å². The summed E-state index contributed by atoms with van der Waals surface area (Å²) in [5.74, 6) is 0.00896. The van der Waals surface area contributed by atoms with Gasteiger partial charge in [0.1, 0.15) is 0 Å². The Bertz CT molecular complexity index is 1080. The molecule has 0 radical (unpaired) electrons. The molecule has 1 spiro atoms. The number of benzene rings is 1. The zero-order chi connectivity index (χ0) is 19.5. The van der Waals surface area contributed by atoms with E-state index in [2.05, 4.69) is 29.2 Å². The van der Waals surface area contributed by atoms with Gasteiger partial charge in [0.25, 0.3) is 0 Å². The van der Waals surface area contributed by atoms with E-state index < -0.39 is 5.97 Å². The monoisotopic (exact) mass is 379 g/mol. The molecule has 0 aliphatic carbocycles. The van der Waals surface area contributed by atoms with E-state index >= 15 is 0 Å². The number of nitrogens with zero attached hydrogens (tertiary/aromatic N) is 3. The SMILES string of the molecule is CC1(C)CC2(CCN(c3nc4cc(C(=O)O)ccc4n4cccc34)CC2)CO1. The maximum Gasteiger partial charge on any atom is 0.335 e. The molecule has 2 aliphatic heterocycles. The Morgan fingerprint density at radius 3 is 2.64 bits per heavy atom. The normalized spacial score (nSPS) is 21.0. The largest absolute Gasteiger partial charge is 0.478 e. The molecule has 146 valence electrons. The van der Waals surface area contributed by atoms with Crippen LogP contribution in [0.25, 0.3) is 16.6 Å². The minimum atomic E-state index is -0.929. The second-order valence-electron chi connectivity index (χ2n) is 8.92. The van der Waals surface area contributed by atoms with Crippen LogP contribution in [0.4, 0.5) is 5.82 Å². The third-order valence-electron chi connectivity index (χ3n) is 6.38. The highest BCUT2D eigenvalue weighted by Gasteiger charge is 2.46. The van der Waals surface area contributed by atoms with Gasteiger partial charge in [0, 0.05) is 19.3 Å². The van der Waals surface area contributed by atoms with Crippen LogP contribution in [0.2, 0.25) is 0 Å². The van der Waals surface area contributed by atoms with Gasteiger partial charge < -0.3 is 19.1 Å². The van der Waals surface area contributed by atoms with Gasteiger partial charge in [-0.15, -0.1) is 0 Å². The number of hydrogen-bond acceptors (Lipinski definition) is 4. The molecule has 5 rings (SSSR count). The molecule has 2 fully saturated rings.